The summed E-state index contributed by atoms with van der Waals surface area (Å²) in [5, 5.41) is 4.95. The van der Waals surface area contributed by atoms with E-state index in [1.54, 1.807) is 35.1 Å². The number of halogens is 1. The van der Waals surface area contributed by atoms with Crippen molar-refractivity contribution in [3.05, 3.63) is 83.0 Å². The average Bonchev–Trinajstić information content (AvgIpc) is 3.26. The maximum atomic E-state index is 12.8. The molecule has 10 nitrogen and oxygen atoms in total. The Bertz CT molecular complexity index is 1480. The number of rotatable bonds is 6. The fraction of sp³-hybridized carbons (Fsp3) is 0.192. The van der Waals surface area contributed by atoms with Gasteiger partial charge in [-0.15, -0.1) is 0 Å². The van der Waals surface area contributed by atoms with Crippen molar-refractivity contribution in [3.63, 3.8) is 0 Å². The van der Waals surface area contributed by atoms with Crippen LogP contribution in [0.1, 0.15) is 42.6 Å². The van der Waals surface area contributed by atoms with Crippen LogP contribution in [0.3, 0.4) is 0 Å². The van der Waals surface area contributed by atoms with E-state index in [1.165, 1.54) is 23.2 Å². The Morgan fingerprint density at radius 1 is 1.00 bits per heavy atom. The van der Waals surface area contributed by atoms with Crippen LogP contribution in [-0.4, -0.2) is 31.7 Å². The van der Waals surface area contributed by atoms with Crippen LogP contribution >= 0.6 is 11.6 Å². The highest BCUT2D eigenvalue weighted by atomic mass is 35.5. The fourth-order valence-electron chi connectivity index (χ4n) is 3.51. The molecule has 3 aromatic heterocycles. The van der Waals surface area contributed by atoms with Crippen LogP contribution in [-0.2, 0) is 5.41 Å². The minimum Gasteiger partial charge on any atom is -0.457 e. The molecule has 0 aliphatic carbocycles. The molecule has 0 unspecified atom stereocenters. The van der Waals surface area contributed by atoms with E-state index in [0.717, 1.165) is 11.4 Å². The summed E-state index contributed by atoms with van der Waals surface area (Å²) in [6.45, 7) is 7.95. The molecule has 0 bridgehead atoms. The standard InChI is InChI=1S/C26H26ClN7O3/c1-15-5-6-16(14-31-15)34-23(13-22(32-34)26(2,3)4)33(25(29)36)21-8-7-17(11-19(21)27)37-18-9-10-30-20(12-18)24(28)35/h5-14H,1-4H3,(H2,28,35)(H2,29,36). The van der Waals surface area contributed by atoms with Gasteiger partial charge in [0.15, 0.2) is 0 Å². The molecule has 3 heterocycles. The van der Waals surface area contributed by atoms with Gasteiger partial charge in [-0.05, 0) is 37.3 Å². The van der Waals surface area contributed by atoms with Crippen LogP contribution in [0, 0.1) is 6.92 Å². The number of carbonyl (C=O) groups excluding carboxylic acids is 2. The maximum Gasteiger partial charge on any atom is 0.325 e. The van der Waals surface area contributed by atoms with Crippen molar-refractivity contribution in [1.82, 2.24) is 19.7 Å². The van der Waals surface area contributed by atoms with Gasteiger partial charge in [0, 0.05) is 35.5 Å². The largest absolute Gasteiger partial charge is 0.457 e. The van der Waals surface area contributed by atoms with Gasteiger partial charge in [-0.2, -0.15) is 5.10 Å². The first-order valence-corrected chi connectivity index (χ1v) is 11.7. The van der Waals surface area contributed by atoms with Crippen LogP contribution < -0.4 is 21.1 Å². The summed E-state index contributed by atoms with van der Waals surface area (Å²) < 4.78 is 7.42. The molecule has 3 amide bonds. The van der Waals surface area contributed by atoms with Crippen molar-refractivity contribution >= 4 is 35.0 Å². The number of nitrogens with zero attached hydrogens (tertiary/aromatic N) is 5. The summed E-state index contributed by atoms with van der Waals surface area (Å²) in [5.41, 5.74) is 13.5. The first-order chi connectivity index (χ1) is 17.4. The zero-order chi connectivity index (χ0) is 26.9. The van der Waals surface area contributed by atoms with Crippen molar-refractivity contribution in [2.45, 2.75) is 33.1 Å². The van der Waals surface area contributed by atoms with Crippen LogP contribution in [0.25, 0.3) is 5.69 Å². The number of carbonyl (C=O) groups is 2. The Morgan fingerprint density at radius 2 is 1.73 bits per heavy atom. The third-order valence-electron chi connectivity index (χ3n) is 5.43. The Labute approximate surface area is 218 Å². The number of nitrogens with two attached hydrogens (primary N) is 2. The molecule has 0 radical (unpaired) electrons. The van der Waals surface area contributed by atoms with Gasteiger partial charge in [0.25, 0.3) is 5.91 Å². The SMILES string of the molecule is Cc1ccc(-n2nc(C(C)(C)C)cc2N(C(N)=O)c2ccc(Oc3ccnc(C(N)=O)c3)cc2Cl)cn1. The van der Waals surface area contributed by atoms with Crippen LogP contribution in [0.2, 0.25) is 5.02 Å². The highest BCUT2D eigenvalue weighted by Gasteiger charge is 2.28. The molecule has 37 heavy (non-hydrogen) atoms. The Balaban J connectivity index is 1.76. The van der Waals surface area contributed by atoms with Gasteiger partial charge in [-0.25, -0.2) is 14.4 Å². The number of hydrogen-bond acceptors (Lipinski definition) is 6. The van der Waals surface area contributed by atoms with E-state index >= 15 is 0 Å². The monoisotopic (exact) mass is 519 g/mol. The van der Waals surface area contributed by atoms with E-state index in [4.69, 9.17) is 32.9 Å². The van der Waals surface area contributed by atoms with Crippen LogP contribution in [0.4, 0.5) is 16.3 Å². The predicted octanol–water partition coefficient (Wildman–Crippen LogP) is 5.03. The molecule has 1 aromatic carbocycles. The number of benzene rings is 1. The highest BCUT2D eigenvalue weighted by molar-refractivity contribution is 6.34. The molecule has 0 spiro atoms. The molecular weight excluding hydrogens is 494 g/mol. The summed E-state index contributed by atoms with van der Waals surface area (Å²) in [4.78, 5) is 33.7. The highest BCUT2D eigenvalue weighted by Crippen LogP contribution is 2.38. The molecule has 4 N–H and O–H groups in total. The Hall–Kier alpha value is -4.44. The molecule has 190 valence electrons. The van der Waals surface area contributed by atoms with Gasteiger partial charge in [0.2, 0.25) is 0 Å². The van der Waals surface area contributed by atoms with E-state index in [1.807, 2.05) is 39.8 Å². The lowest BCUT2D eigenvalue weighted by Crippen LogP contribution is -2.33. The summed E-state index contributed by atoms with van der Waals surface area (Å²) >= 11 is 6.62. The molecule has 0 aliphatic heterocycles. The first-order valence-electron chi connectivity index (χ1n) is 11.3. The maximum absolute atomic E-state index is 12.8. The molecule has 0 fully saturated rings. The predicted molar refractivity (Wildman–Crippen MR) is 141 cm³/mol. The molecule has 0 saturated carbocycles. The molecular formula is C26H26ClN7O3. The zero-order valence-electron chi connectivity index (χ0n) is 20.8. The molecule has 0 saturated heterocycles. The summed E-state index contributed by atoms with van der Waals surface area (Å²) in [6.07, 6.45) is 3.08. The van der Waals surface area contributed by atoms with Crippen LogP contribution in [0.5, 0.6) is 11.5 Å². The minimum atomic E-state index is -0.752. The molecule has 4 rings (SSSR count). The van der Waals surface area contributed by atoms with Gasteiger partial charge in [-0.1, -0.05) is 32.4 Å². The van der Waals surface area contributed by atoms with E-state index in [9.17, 15) is 9.59 Å². The molecule has 0 aliphatic rings. The topological polar surface area (TPSA) is 142 Å². The van der Waals surface area contributed by atoms with Gasteiger partial charge in [-0.3, -0.25) is 14.8 Å². The third-order valence-corrected chi connectivity index (χ3v) is 5.73. The molecule has 4 aromatic rings. The number of urea groups is 1. The van der Waals surface area contributed by atoms with Crippen molar-refractivity contribution in [2.75, 3.05) is 4.90 Å². The first kappa shape index (κ1) is 25.6. The normalized spacial score (nSPS) is 11.3. The number of primary amides is 2. The van der Waals surface area contributed by atoms with E-state index in [2.05, 4.69) is 9.97 Å². The van der Waals surface area contributed by atoms with E-state index in [-0.39, 0.29) is 16.1 Å². The third kappa shape index (κ3) is 5.54. The number of anilines is 2. The number of aryl methyl sites for hydroxylation is 1. The average molecular weight is 520 g/mol. The fourth-order valence-corrected chi connectivity index (χ4v) is 3.76. The second kappa shape index (κ2) is 9.90. The van der Waals surface area contributed by atoms with Gasteiger partial charge < -0.3 is 16.2 Å². The van der Waals surface area contributed by atoms with E-state index < -0.39 is 11.9 Å². The second-order valence-corrected chi connectivity index (χ2v) is 9.74. The van der Waals surface area contributed by atoms with Gasteiger partial charge in [0.1, 0.15) is 23.0 Å². The van der Waals surface area contributed by atoms with Crippen LogP contribution in [0.15, 0.2) is 60.9 Å². The quantitative estimate of drug-likeness (QED) is 0.366. The number of ether oxygens (including phenoxy) is 1. The lowest BCUT2D eigenvalue weighted by molar-refractivity contribution is 0.0995. The summed E-state index contributed by atoms with van der Waals surface area (Å²) in [6, 6.07) is 12.5. The van der Waals surface area contributed by atoms with Gasteiger partial charge in [0.05, 0.1) is 28.3 Å². The smallest absolute Gasteiger partial charge is 0.325 e. The lowest BCUT2D eigenvalue weighted by atomic mass is 9.92. The van der Waals surface area contributed by atoms with Crippen molar-refractivity contribution in [3.8, 4) is 17.2 Å². The lowest BCUT2D eigenvalue weighted by Gasteiger charge is -2.23. The number of amides is 3. The Kier molecular flexibility index (Phi) is 6.86. The summed E-state index contributed by atoms with van der Waals surface area (Å²) in [5.74, 6) is 0.440. The number of aromatic nitrogens is 4. The van der Waals surface area contributed by atoms with Gasteiger partial charge >= 0.3 is 6.03 Å². The molecule has 0 atom stereocenters. The molecule has 11 heteroatoms. The van der Waals surface area contributed by atoms with Crippen molar-refractivity contribution in [2.24, 2.45) is 11.5 Å². The Morgan fingerprint density at radius 3 is 2.32 bits per heavy atom. The van der Waals surface area contributed by atoms with Crippen molar-refractivity contribution < 1.29 is 14.3 Å². The minimum absolute atomic E-state index is 0.0635. The zero-order valence-corrected chi connectivity index (χ0v) is 21.5. The summed E-state index contributed by atoms with van der Waals surface area (Å²) in [7, 11) is 0. The van der Waals surface area contributed by atoms with Crippen molar-refractivity contribution in [1.29, 1.82) is 0 Å². The number of hydrogen-bond donors (Lipinski definition) is 2. The second-order valence-electron chi connectivity index (χ2n) is 9.34. The number of pyridine rings is 2. The van der Waals surface area contributed by atoms with E-state index in [0.29, 0.717) is 28.7 Å².